The largest absolute Gasteiger partial charge is 0.389 e. The first-order valence-corrected chi connectivity index (χ1v) is 4.95. The van der Waals surface area contributed by atoms with Gasteiger partial charge in [-0.25, -0.2) is 0 Å². The van der Waals surface area contributed by atoms with E-state index in [1.54, 1.807) is 0 Å². The van der Waals surface area contributed by atoms with Crippen LogP contribution in [-0.4, -0.2) is 11.2 Å². The SMILES string of the molecule is CC1(C)CC(C2CC2)=CC(O)C1. The van der Waals surface area contributed by atoms with Crippen molar-refractivity contribution in [2.75, 3.05) is 0 Å². The van der Waals surface area contributed by atoms with Gasteiger partial charge in [-0.1, -0.05) is 25.5 Å². The maximum atomic E-state index is 9.62. The maximum absolute atomic E-state index is 9.62. The van der Waals surface area contributed by atoms with Gasteiger partial charge >= 0.3 is 0 Å². The van der Waals surface area contributed by atoms with E-state index in [9.17, 15) is 5.11 Å². The van der Waals surface area contributed by atoms with E-state index in [2.05, 4.69) is 19.9 Å². The third-order valence-electron chi connectivity index (χ3n) is 2.95. The molecule has 0 aromatic rings. The summed E-state index contributed by atoms with van der Waals surface area (Å²) in [6.45, 7) is 4.51. The molecule has 2 aliphatic rings. The summed E-state index contributed by atoms with van der Waals surface area (Å²) in [4.78, 5) is 0. The molecule has 1 unspecified atom stereocenters. The van der Waals surface area contributed by atoms with E-state index in [1.165, 1.54) is 24.8 Å². The van der Waals surface area contributed by atoms with Gasteiger partial charge in [0.25, 0.3) is 0 Å². The number of aliphatic hydroxyl groups excluding tert-OH is 1. The first kappa shape index (κ1) is 8.31. The van der Waals surface area contributed by atoms with Crippen molar-refractivity contribution in [3.05, 3.63) is 11.6 Å². The molecule has 0 amide bonds. The number of hydrogen-bond acceptors (Lipinski definition) is 1. The van der Waals surface area contributed by atoms with Crippen molar-refractivity contribution in [1.29, 1.82) is 0 Å². The number of aliphatic hydroxyl groups is 1. The fourth-order valence-electron chi connectivity index (χ4n) is 2.29. The van der Waals surface area contributed by atoms with Gasteiger partial charge in [0, 0.05) is 0 Å². The van der Waals surface area contributed by atoms with E-state index in [1.807, 2.05) is 0 Å². The van der Waals surface area contributed by atoms with Gasteiger partial charge < -0.3 is 5.11 Å². The van der Waals surface area contributed by atoms with Crippen LogP contribution in [0.15, 0.2) is 11.6 Å². The van der Waals surface area contributed by atoms with Crippen molar-refractivity contribution < 1.29 is 5.11 Å². The van der Waals surface area contributed by atoms with Gasteiger partial charge in [-0.15, -0.1) is 0 Å². The average molecular weight is 166 g/mol. The third-order valence-corrected chi connectivity index (χ3v) is 2.95. The molecule has 0 aromatic carbocycles. The highest BCUT2D eigenvalue weighted by molar-refractivity contribution is 5.19. The van der Waals surface area contributed by atoms with Crippen LogP contribution in [0.4, 0.5) is 0 Å². The average Bonchev–Trinajstić information content (AvgIpc) is 2.61. The van der Waals surface area contributed by atoms with Crippen molar-refractivity contribution >= 4 is 0 Å². The quantitative estimate of drug-likeness (QED) is 0.593. The van der Waals surface area contributed by atoms with E-state index < -0.39 is 0 Å². The van der Waals surface area contributed by atoms with Crippen LogP contribution < -0.4 is 0 Å². The first-order chi connectivity index (χ1) is 5.57. The Balaban J connectivity index is 2.12. The molecule has 0 saturated heterocycles. The molecular weight excluding hydrogens is 148 g/mol. The van der Waals surface area contributed by atoms with Crippen LogP contribution >= 0.6 is 0 Å². The van der Waals surface area contributed by atoms with Crippen LogP contribution in [0.25, 0.3) is 0 Å². The number of hydrogen-bond donors (Lipinski definition) is 1. The molecule has 2 rings (SSSR count). The smallest absolute Gasteiger partial charge is 0.0728 e. The maximum Gasteiger partial charge on any atom is 0.0728 e. The minimum atomic E-state index is -0.177. The van der Waals surface area contributed by atoms with Crippen molar-refractivity contribution in [2.45, 2.75) is 45.6 Å². The van der Waals surface area contributed by atoms with Gasteiger partial charge in [0.05, 0.1) is 6.10 Å². The van der Waals surface area contributed by atoms with E-state index in [4.69, 9.17) is 0 Å². The Hall–Kier alpha value is -0.300. The lowest BCUT2D eigenvalue weighted by Gasteiger charge is -2.32. The van der Waals surface area contributed by atoms with Crippen LogP contribution in [0.3, 0.4) is 0 Å². The zero-order valence-corrected chi connectivity index (χ0v) is 8.01. The second-order valence-electron chi connectivity index (χ2n) is 5.13. The summed E-state index contributed by atoms with van der Waals surface area (Å²) < 4.78 is 0. The molecule has 0 heterocycles. The van der Waals surface area contributed by atoms with Gasteiger partial charge in [0.2, 0.25) is 0 Å². The van der Waals surface area contributed by atoms with E-state index >= 15 is 0 Å². The molecule has 1 atom stereocenters. The lowest BCUT2D eigenvalue weighted by molar-refractivity contribution is 0.137. The molecule has 1 heteroatoms. The summed E-state index contributed by atoms with van der Waals surface area (Å²) in [7, 11) is 0. The van der Waals surface area contributed by atoms with E-state index in [-0.39, 0.29) is 6.10 Å². The summed E-state index contributed by atoms with van der Waals surface area (Å²) in [5.74, 6) is 0.833. The fraction of sp³-hybridized carbons (Fsp3) is 0.818. The summed E-state index contributed by atoms with van der Waals surface area (Å²) in [5, 5.41) is 9.62. The first-order valence-electron chi connectivity index (χ1n) is 4.95. The molecule has 0 radical (unpaired) electrons. The Morgan fingerprint density at radius 3 is 2.58 bits per heavy atom. The van der Waals surface area contributed by atoms with Crippen molar-refractivity contribution in [1.82, 2.24) is 0 Å². The number of allylic oxidation sites excluding steroid dienone is 1. The topological polar surface area (TPSA) is 20.2 Å². The summed E-state index contributed by atoms with van der Waals surface area (Å²) in [5.41, 5.74) is 1.85. The monoisotopic (exact) mass is 166 g/mol. The van der Waals surface area contributed by atoms with Gasteiger partial charge in [-0.2, -0.15) is 0 Å². The highest BCUT2D eigenvalue weighted by Crippen LogP contribution is 2.46. The predicted molar refractivity (Wildman–Crippen MR) is 49.8 cm³/mol. The van der Waals surface area contributed by atoms with E-state index in [0.29, 0.717) is 5.41 Å². The molecule has 1 saturated carbocycles. The molecule has 0 aliphatic heterocycles. The van der Waals surface area contributed by atoms with Crippen LogP contribution in [0.1, 0.15) is 39.5 Å². The van der Waals surface area contributed by atoms with E-state index in [0.717, 1.165) is 12.3 Å². The zero-order chi connectivity index (χ0) is 8.77. The Bertz CT molecular complexity index is 211. The van der Waals surface area contributed by atoms with Crippen LogP contribution in [0.5, 0.6) is 0 Å². The summed E-state index contributed by atoms with van der Waals surface area (Å²) in [6, 6.07) is 0. The molecule has 0 bridgehead atoms. The van der Waals surface area contributed by atoms with Crippen LogP contribution in [0, 0.1) is 11.3 Å². The highest BCUT2D eigenvalue weighted by Gasteiger charge is 2.34. The zero-order valence-electron chi connectivity index (χ0n) is 8.01. The second kappa shape index (κ2) is 2.59. The minimum Gasteiger partial charge on any atom is -0.389 e. The van der Waals surface area contributed by atoms with Gasteiger partial charge in [0.15, 0.2) is 0 Å². The molecule has 0 spiro atoms. The van der Waals surface area contributed by atoms with Crippen LogP contribution in [-0.2, 0) is 0 Å². The Morgan fingerprint density at radius 1 is 1.42 bits per heavy atom. The molecule has 12 heavy (non-hydrogen) atoms. The molecule has 68 valence electrons. The number of rotatable bonds is 1. The Kier molecular flexibility index (Phi) is 1.80. The molecule has 2 aliphatic carbocycles. The van der Waals surface area contributed by atoms with Gasteiger partial charge in [0.1, 0.15) is 0 Å². The van der Waals surface area contributed by atoms with Crippen molar-refractivity contribution in [3.8, 4) is 0 Å². The van der Waals surface area contributed by atoms with Crippen LogP contribution in [0.2, 0.25) is 0 Å². The van der Waals surface area contributed by atoms with Crippen molar-refractivity contribution in [3.63, 3.8) is 0 Å². The molecular formula is C11H18O. The molecule has 1 N–H and O–H groups in total. The van der Waals surface area contributed by atoms with Crippen molar-refractivity contribution in [2.24, 2.45) is 11.3 Å². The predicted octanol–water partition coefficient (Wildman–Crippen LogP) is 2.50. The fourth-order valence-corrected chi connectivity index (χ4v) is 2.29. The second-order valence-corrected chi connectivity index (χ2v) is 5.13. The standard InChI is InChI=1S/C11H18O/c1-11(2)6-9(8-3-4-8)5-10(12)7-11/h5,8,10,12H,3-4,6-7H2,1-2H3. The van der Waals surface area contributed by atoms with Gasteiger partial charge in [-0.3, -0.25) is 0 Å². The molecule has 1 fully saturated rings. The lowest BCUT2D eigenvalue weighted by atomic mass is 9.75. The molecule has 0 aromatic heterocycles. The molecule has 1 nitrogen and oxygen atoms in total. The third kappa shape index (κ3) is 1.71. The Morgan fingerprint density at radius 2 is 2.08 bits per heavy atom. The summed E-state index contributed by atoms with van der Waals surface area (Å²) in [6.07, 6.45) is 6.77. The van der Waals surface area contributed by atoms with Gasteiger partial charge in [-0.05, 0) is 37.0 Å². The Labute approximate surface area is 74.5 Å². The summed E-state index contributed by atoms with van der Waals surface area (Å²) >= 11 is 0. The highest BCUT2D eigenvalue weighted by atomic mass is 16.3. The lowest BCUT2D eigenvalue weighted by Crippen LogP contribution is -2.25. The normalized spacial score (nSPS) is 34.6. The minimum absolute atomic E-state index is 0.177.